The lowest BCUT2D eigenvalue weighted by Gasteiger charge is -2.30. The lowest BCUT2D eigenvalue weighted by molar-refractivity contribution is 0.186. The van der Waals surface area contributed by atoms with Gasteiger partial charge in [0.25, 0.3) is 0 Å². The number of nitrogens with zero attached hydrogens (tertiary/aromatic N) is 1. The molecule has 2 atom stereocenters. The second-order valence-corrected chi connectivity index (χ2v) is 5.37. The highest BCUT2D eigenvalue weighted by Crippen LogP contribution is 2.25. The van der Waals surface area contributed by atoms with E-state index < -0.39 is 0 Å². The molecule has 0 aromatic heterocycles. The Morgan fingerprint density at radius 2 is 2.06 bits per heavy atom. The van der Waals surface area contributed by atoms with Crippen LogP contribution in [0.2, 0.25) is 0 Å². The minimum Gasteiger partial charge on any atom is -0.312 e. The fourth-order valence-electron chi connectivity index (χ4n) is 3.34. The third kappa shape index (κ3) is 2.53. The van der Waals surface area contributed by atoms with Gasteiger partial charge in [0, 0.05) is 20.1 Å². The smallest absolute Gasteiger partial charge is 0.0264 e. The van der Waals surface area contributed by atoms with Crippen LogP contribution in [0.15, 0.2) is 30.3 Å². The summed E-state index contributed by atoms with van der Waals surface area (Å²) in [5.41, 5.74) is 1.46. The minimum absolute atomic E-state index is 0. The van der Waals surface area contributed by atoms with Gasteiger partial charge in [-0.3, -0.25) is 4.90 Å². The highest BCUT2D eigenvalue weighted by Gasteiger charge is 2.32. The van der Waals surface area contributed by atoms with Gasteiger partial charge in [0.1, 0.15) is 0 Å². The first kappa shape index (κ1) is 11.2. The quantitative estimate of drug-likeness (QED) is 0.843. The van der Waals surface area contributed by atoms with Crippen LogP contribution in [0.3, 0.4) is 0 Å². The number of likely N-dealkylation sites (tertiary alicyclic amines) is 1. The Hall–Kier alpha value is -0.860. The van der Waals surface area contributed by atoms with Crippen molar-refractivity contribution in [2.75, 3.05) is 13.1 Å². The maximum absolute atomic E-state index is 3.67. The summed E-state index contributed by atoms with van der Waals surface area (Å²) < 4.78 is 0. The van der Waals surface area contributed by atoms with E-state index in [1.807, 2.05) is 0 Å². The van der Waals surface area contributed by atoms with Crippen LogP contribution in [0.1, 0.15) is 32.7 Å². The molecule has 2 heterocycles. The van der Waals surface area contributed by atoms with Gasteiger partial charge in [-0.15, -0.1) is 0 Å². The van der Waals surface area contributed by atoms with E-state index in [1.54, 1.807) is 0 Å². The monoisotopic (exact) mass is 232 g/mol. The third-order valence-electron chi connectivity index (χ3n) is 4.22. The zero-order chi connectivity index (χ0) is 11.5. The van der Waals surface area contributed by atoms with Gasteiger partial charge >= 0.3 is 0 Å². The molecule has 0 unspecified atom stereocenters. The maximum Gasteiger partial charge on any atom is 0.0264 e. The van der Waals surface area contributed by atoms with Gasteiger partial charge in [-0.25, -0.2) is 0 Å². The van der Waals surface area contributed by atoms with Gasteiger partial charge in [-0.2, -0.15) is 0 Å². The molecule has 2 fully saturated rings. The molecule has 2 heteroatoms. The SMILES string of the molecule is [HH].c1ccc(CN2CCCC[C@@H]3NCC[C@H]32)cc1. The Bertz CT molecular complexity index is 355. The number of benzene rings is 1. The molecule has 0 bridgehead atoms. The fraction of sp³-hybridized carbons (Fsp3) is 0.600. The Labute approximate surface area is 105 Å². The first-order chi connectivity index (χ1) is 8.43. The first-order valence-corrected chi connectivity index (χ1v) is 6.95. The maximum atomic E-state index is 3.67. The van der Waals surface area contributed by atoms with Gasteiger partial charge in [-0.05, 0) is 37.9 Å². The summed E-state index contributed by atoms with van der Waals surface area (Å²) in [6.07, 6.45) is 5.45. The van der Waals surface area contributed by atoms with Crippen LogP contribution in [0.25, 0.3) is 0 Å². The molecule has 0 radical (unpaired) electrons. The van der Waals surface area contributed by atoms with E-state index in [1.165, 1.54) is 44.3 Å². The van der Waals surface area contributed by atoms with Crippen molar-refractivity contribution in [2.24, 2.45) is 0 Å². The van der Waals surface area contributed by atoms with E-state index in [0.717, 1.165) is 18.6 Å². The van der Waals surface area contributed by atoms with Crippen molar-refractivity contribution in [3.05, 3.63) is 35.9 Å². The average Bonchev–Trinajstić information content (AvgIpc) is 2.75. The Morgan fingerprint density at radius 3 is 2.94 bits per heavy atom. The molecule has 0 saturated carbocycles. The summed E-state index contributed by atoms with van der Waals surface area (Å²) >= 11 is 0. The van der Waals surface area contributed by atoms with Crippen molar-refractivity contribution < 1.29 is 1.43 Å². The molecule has 2 aliphatic rings. The van der Waals surface area contributed by atoms with Crippen LogP contribution in [0.5, 0.6) is 0 Å². The summed E-state index contributed by atoms with van der Waals surface area (Å²) in [6, 6.07) is 12.4. The number of fused-ring (bicyclic) bond motifs is 1. The number of nitrogens with one attached hydrogen (secondary N) is 1. The van der Waals surface area contributed by atoms with Gasteiger partial charge in [-0.1, -0.05) is 36.8 Å². The predicted molar refractivity (Wildman–Crippen MR) is 73.0 cm³/mol. The Balaban J connectivity index is 0.00000120. The lowest BCUT2D eigenvalue weighted by Crippen LogP contribution is -2.41. The summed E-state index contributed by atoms with van der Waals surface area (Å²) in [6.45, 7) is 3.61. The molecule has 1 N–H and O–H groups in total. The molecule has 0 aliphatic carbocycles. The highest BCUT2D eigenvalue weighted by atomic mass is 15.2. The molecular weight excluding hydrogens is 208 g/mol. The van der Waals surface area contributed by atoms with Crippen molar-refractivity contribution in [1.29, 1.82) is 0 Å². The van der Waals surface area contributed by atoms with Gasteiger partial charge < -0.3 is 5.32 Å². The minimum atomic E-state index is 0. The molecule has 3 rings (SSSR count). The molecule has 17 heavy (non-hydrogen) atoms. The van der Waals surface area contributed by atoms with E-state index in [2.05, 4.69) is 40.5 Å². The van der Waals surface area contributed by atoms with Crippen LogP contribution in [-0.2, 0) is 6.54 Å². The lowest BCUT2D eigenvalue weighted by atomic mass is 10.0. The van der Waals surface area contributed by atoms with Crippen molar-refractivity contribution in [3.8, 4) is 0 Å². The zero-order valence-electron chi connectivity index (χ0n) is 10.4. The molecule has 94 valence electrons. The molecule has 1 aromatic carbocycles. The van der Waals surface area contributed by atoms with Crippen molar-refractivity contribution in [1.82, 2.24) is 10.2 Å². The number of hydrogen-bond donors (Lipinski definition) is 1. The van der Waals surface area contributed by atoms with Crippen LogP contribution >= 0.6 is 0 Å². The second kappa shape index (κ2) is 5.19. The van der Waals surface area contributed by atoms with Crippen molar-refractivity contribution in [3.63, 3.8) is 0 Å². The van der Waals surface area contributed by atoms with Gasteiger partial charge in [0.05, 0.1) is 0 Å². The van der Waals surface area contributed by atoms with Crippen LogP contribution < -0.4 is 5.32 Å². The first-order valence-electron chi connectivity index (χ1n) is 6.95. The fourth-order valence-corrected chi connectivity index (χ4v) is 3.34. The second-order valence-electron chi connectivity index (χ2n) is 5.37. The van der Waals surface area contributed by atoms with Crippen molar-refractivity contribution >= 4 is 0 Å². The standard InChI is InChI=1S/C15H22N2.H2/c1-2-6-13(7-3-1)12-17-11-5-4-8-14-15(17)9-10-16-14;/h1-3,6-7,14-16H,4-5,8-12H2;1H/t14-,15+;/m0./s1. The van der Waals surface area contributed by atoms with E-state index in [0.29, 0.717) is 0 Å². The van der Waals surface area contributed by atoms with Gasteiger partial charge in [0.15, 0.2) is 0 Å². The van der Waals surface area contributed by atoms with Crippen LogP contribution in [-0.4, -0.2) is 30.1 Å². The largest absolute Gasteiger partial charge is 0.312 e. The zero-order valence-corrected chi connectivity index (χ0v) is 10.4. The van der Waals surface area contributed by atoms with E-state index >= 15 is 0 Å². The van der Waals surface area contributed by atoms with Crippen LogP contribution in [0, 0.1) is 0 Å². The van der Waals surface area contributed by atoms with E-state index in [9.17, 15) is 0 Å². The van der Waals surface area contributed by atoms with Crippen LogP contribution in [0.4, 0.5) is 0 Å². The van der Waals surface area contributed by atoms with E-state index in [4.69, 9.17) is 0 Å². The topological polar surface area (TPSA) is 15.3 Å². The molecular formula is C15H24N2. The molecule has 2 aliphatic heterocycles. The summed E-state index contributed by atoms with van der Waals surface area (Å²) in [5.74, 6) is 0. The predicted octanol–water partition coefficient (Wildman–Crippen LogP) is 2.65. The Kier molecular flexibility index (Phi) is 3.44. The summed E-state index contributed by atoms with van der Waals surface area (Å²) in [4.78, 5) is 2.70. The Morgan fingerprint density at radius 1 is 1.18 bits per heavy atom. The average molecular weight is 232 g/mol. The number of hydrogen-bond acceptors (Lipinski definition) is 2. The molecule has 1 aromatic rings. The highest BCUT2D eigenvalue weighted by molar-refractivity contribution is 5.15. The number of rotatable bonds is 2. The summed E-state index contributed by atoms with van der Waals surface area (Å²) in [7, 11) is 0. The molecule has 0 amide bonds. The molecule has 2 saturated heterocycles. The third-order valence-corrected chi connectivity index (χ3v) is 4.22. The van der Waals surface area contributed by atoms with Gasteiger partial charge in [0.2, 0.25) is 0 Å². The molecule has 0 spiro atoms. The molecule has 2 nitrogen and oxygen atoms in total. The normalized spacial score (nSPS) is 29.9. The van der Waals surface area contributed by atoms with E-state index in [-0.39, 0.29) is 1.43 Å². The van der Waals surface area contributed by atoms with Crippen molar-refractivity contribution in [2.45, 2.75) is 44.3 Å². The summed E-state index contributed by atoms with van der Waals surface area (Å²) in [5, 5.41) is 3.67.